The van der Waals surface area contributed by atoms with Crippen molar-refractivity contribution < 1.29 is 31.9 Å². The number of pyridine rings is 1. The molecule has 4 rings (SSSR count). The van der Waals surface area contributed by atoms with Crippen LogP contribution in [0.2, 0.25) is 0 Å². The second kappa shape index (κ2) is 6.71. The van der Waals surface area contributed by atoms with Crippen LogP contribution in [0.4, 0.5) is 18.0 Å². The first-order valence-electron chi connectivity index (χ1n) is 7.77. The summed E-state index contributed by atoms with van der Waals surface area (Å²) >= 11 is 0.765. The van der Waals surface area contributed by atoms with E-state index >= 15 is 0 Å². The van der Waals surface area contributed by atoms with Gasteiger partial charge in [-0.1, -0.05) is 12.1 Å². The van der Waals surface area contributed by atoms with Crippen LogP contribution in [0.25, 0.3) is 28.2 Å². The van der Waals surface area contributed by atoms with Crippen LogP contribution in [0.5, 0.6) is 5.75 Å². The Kier molecular flexibility index (Phi) is 4.34. The lowest BCUT2D eigenvalue weighted by Gasteiger charge is -2.09. The number of imide groups is 1. The summed E-state index contributed by atoms with van der Waals surface area (Å²) in [6, 6.07) is 6.95. The first-order valence-corrected chi connectivity index (χ1v) is 8.59. The van der Waals surface area contributed by atoms with Crippen molar-refractivity contribution in [3.8, 4) is 16.9 Å². The zero-order valence-electron chi connectivity index (χ0n) is 13.7. The van der Waals surface area contributed by atoms with Gasteiger partial charge in [0.2, 0.25) is 0 Å². The molecule has 3 aromatic rings. The third kappa shape index (κ3) is 3.72. The Morgan fingerprint density at radius 1 is 1.14 bits per heavy atom. The maximum Gasteiger partial charge on any atom is 0.573 e. The Bertz CT molecular complexity index is 1120. The molecule has 10 heteroatoms. The van der Waals surface area contributed by atoms with E-state index in [0.29, 0.717) is 27.9 Å². The number of carbonyl (C=O) groups is 2. The summed E-state index contributed by atoms with van der Waals surface area (Å²) in [5, 5.41) is 2.32. The summed E-state index contributed by atoms with van der Waals surface area (Å²) < 4.78 is 46.5. The highest BCUT2D eigenvalue weighted by Gasteiger charge is 2.31. The minimum Gasteiger partial charge on any atom is -0.456 e. The minimum atomic E-state index is -4.77. The third-order valence-corrected chi connectivity index (χ3v) is 4.57. The molecule has 0 aliphatic carbocycles. The number of alkyl halides is 3. The van der Waals surface area contributed by atoms with E-state index in [1.807, 2.05) is 0 Å². The van der Waals surface area contributed by atoms with Crippen molar-refractivity contribution in [1.29, 1.82) is 0 Å². The summed E-state index contributed by atoms with van der Waals surface area (Å²) in [6.07, 6.45) is -0.255. The number of halogens is 3. The van der Waals surface area contributed by atoms with Gasteiger partial charge in [-0.2, -0.15) is 0 Å². The van der Waals surface area contributed by atoms with Crippen molar-refractivity contribution in [2.45, 2.75) is 6.36 Å². The average Bonchev–Trinajstić information content (AvgIpc) is 3.16. The molecule has 0 bridgehead atoms. The number of aromatic nitrogens is 1. The monoisotopic (exact) mass is 406 g/mol. The van der Waals surface area contributed by atoms with E-state index in [1.54, 1.807) is 12.3 Å². The smallest absolute Gasteiger partial charge is 0.456 e. The highest BCUT2D eigenvalue weighted by Crippen LogP contribution is 2.34. The molecule has 142 valence electrons. The molecular formula is C18H9F3N2O4S. The topological polar surface area (TPSA) is 81.4 Å². The molecule has 1 aliphatic rings. The Morgan fingerprint density at radius 2 is 1.89 bits per heavy atom. The van der Waals surface area contributed by atoms with Crippen LogP contribution in [-0.2, 0) is 4.79 Å². The molecule has 1 aromatic carbocycles. The molecular weight excluding hydrogens is 397 g/mol. The van der Waals surface area contributed by atoms with Crippen molar-refractivity contribution >= 4 is 40.0 Å². The lowest BCUT2D eigenvalue weighted by Crippen LogP contribution is -2.17. The van der Waals surface area contributed by atoms with E-state index in [9.17, 15) is 22.8 Å². The molecule has 1 fully saturated rings. The fraction of sp³-hybridized carbons (Fsp3) is 0.0556. The van der Waals surface area contributed by atoms with E-state index in [2.05, 4.69) is 15.0 Å². The number of carbonyl (C=O) groups excluding carboxylic acids is 2. The zero-order valence-corrected chi connectivity index (χ0v) is 14.6. The van der Waals surface area contributed by atoms with Gasteiger partial charge >= 0.3 is 6.36 Å². The van der Waals surface area contributed by atoms with E-state index in [4.69, 9.17) is 4.42 Å². The van der Waals surface area contributed by atoms with Gasteiger partial charge < -0.3 is 9.15 Å². The quantitative estimate of drug-likeness (QED) is 0.634. The van der Waals surface area contributed by atoms with Crippen molar-refractivity contribution in [2.24, 2.45) is 0 Å². The Labute approximate surface area is 159 Å². The van der Waals surface area contributed by atoms with Crippen LogP contribution < -0.4 is 10.1 Å². The molecule has 2 aromatic heterocycles. The summed E-state index contributed by atoms with van der Waals surface area (Å²) in [7, 11) is 0. The number of hydrogen-bond donors (Lipinski definition) is 1. The van der Waals surface area contributed by atoms with E-state index in [0.717, 1.165) is 11.8 Å². The second-order valence-corrected chi connectivity index (χ2v) is 6.69. The summed E-state index contributed by atoms with van der Waals surface area (Å²) in [5.74, 6) is -0.502. The molecule has 28 heavy (non-hydrogen) atoms. The van der Waals surface area contributed by atoms with Gasteiger partial charge in [0.1, 0.15) is 17.1 Å². The summed E-state index contributed by atoms with van der Waals surface area (Å²) in [4.78, 5) is 27.2. The van der Waals surface area contributed by atoms with Crippen LogP contribution in [-0.4, -0.2) is 22.5 Å². The number of nitrogens with zero attached hydrogens (tertiary/aromatic N) is 1. The molecule has 0 radical (unpaired) electrons. The minimum absolute atomic E-state index is 0.201. The average molecular weight is 406 g/mol. The number of ether oxygens (including phenoxy) is 1. The highest BCUT2D eigenvalue weighted by atomic mass is 32.2. The zero-order chi connectivity index (χ0) is 19.9. The lowest BCUT2D eigenvalue weighted by atomic mass is 10.1. The molecule has 0 atom stereocenters. The molecule has 0 spiro atoms. The van der Waals surface area contributed by atoms with Crippen molar-refractivity contribution in [1.82, 2.24) is 10.3 Å². The maximum atomic E-state index is 12.3. The number of fused-ring (bicyclic) bond motifs is 1. The Balaban J connectivity index is 1.69. The number of amides is 2. The fourth-order valence-corrected chi connectivity index (χ4v) is 3.31. The SMILES string of the molecule is O=C1NC(=O)/C(=C\c2cc3cncc(-c4ccc(OC(F)(F)F)cc4)c3o2)S1. The van der Waals surface area contributed by atoms with Gasteiger partial charge in [-0.3, -0.25) is 19.9 Å². The van der Waals surface area contributed by atoms with E-state index in [1.165, 1.54) is 36.5 Å². The lowest BCUT2D eigenvalue weighted by molar-refractivity contribution is -0.274. The highest BCUT2D eigenvalue weighted by molar-refractivity contribution is 8.18. The summed E-state index contributed by atoms with van der Waals surface area (Å²) in [5.41, 5.74) is 1.57. The molecule has 3 heterocycles. The molecule has 2 amide bonds. The number of rotatable bonds is 3. The Morgan fingerprint density at radius 3 is 2.54 bits per heavy atom. The van der Waals surface area contributed by atoms with Gasteiger partial charge in [-0.05, 0) is 35.5 Å². The first-order chi connectivity index (χ1) is 13.3. The number of furan rings is 1. The second-order valence-electron chi connectivity index (χ2n) is 5.68. The Hall–Kier alpha value is -3.27. The van der Waals surface area contributed by atoms with Crippen molar-refractivity contribution in [3.63, 3.8) is 0 Å². The van der Waals surface area contributed by atoms with Crippen LogP contribution in [0.1, 0.15) is 5.76 Å². The van der Waals surface area contributed by atoms with Crippen molar-refractivity contribution in [3.05, 3.63) is 53.4 Å². The van der Waals surface area contributed by atoms with Crippen LogP contribution >= 0.6 is 11.8 Å². The molecule has 1 aliphatic heterocycles. The van der Waals surface area contributed by atoms with Crippen LogP contribution in [0.3, 0.4) is 0 Å². The number of hydrogen-bond acceptors (Lipinski definition) is 6. The normalized spacial score (nSPS) is 16.0. The van der Waals surface area contributed by atoms with Gasteiger partial charge in [0.25, 0.3) is 11.1 Å². The molecule has 1 saturated heterocycles. The molecule has 0 unspecified atom stereocenters. The van der Waals surface area contributed by atoms with Crippen molar-refractivity contribution in [2.75, 3.05) is 0 Å². The van der Waals surface area contributed by atoms with Crippen LogP contribution in [0, 0.1) is 0 Å². The maximum absolute atomic E-state index is 12.3. The molecule has 0 saturated carbocycles. The summed E-state index contributed by atoms with van der Waals surface area (Å²) in [6.45, 7) is 0. The third-order valence-electron chi connectivity index (χ3n) is 3.76. The van der Waals surface area contributed by atoms with E-state index < -0.39 is 17.5 Å². The first kappa shape index (κ1) is 18.1. The van der Waals surface area contributed by atoms with Gasteiger partial charge in [-0.25, -0.2) is 0 Å². The number of nitrogens with one attached hydrogen (secondary N) is 1. The van der Waals surface area contributed by atoms with Gasteiger partial charge in [0.05, 0.1) is 4.91 Å². The van der Waals surface area contributed by atoms with Gasteiger partial charge in [0, 0.05) is 29.4 Å². The number of benzene rings is 1. The van der Waals surface area contributed by atoms with Gasteiger partial charge in [0.15, 0.2) is 0 Å². The molecule has 6 nitrogen and oxygen atoms in total. The molecule has 1 N–H and O–H groups in total. The van der Waals surface area contributed by atoms with Crippen LogP contribution in [0.15, 0.2) is 52.0 Å². The largest absolute Gasteiger partial charge is 0.573 e. The predicted molar refractivity (Wildman–Crippen MR) is 95.2 cm³/mol. The van der Waals surface area contributed by atoms with Gasteiger partial charge in [-0.15, -0.1) is 13.2 Å². The fourth-order valence-electron chi connectivity index (χ4n) is 2.65. The number of thioether (sulfide) groups is 1. The standard InChI is InChI=1S/C18H9F3N2O4S/c19-18(20,21)27-11-3-1-9(2-4-11)13-8-22-7-10-5-12(26-15(10)13)6-14-16(24)23-17(25)28-14/h1-8H,(H,23,24,25)/b14-6+. The van der Waals surface area contributed by atoms with E-state index in [-0.39, 0.29) is 10.7 Å². The predicted octanol–water partition coefficient (Wildman–Crippen LogP) is 4.72.